The molecule has 118 valence electrons. The molecule has 0 bridgehead atoms. The lowest BCUT2D eigenvalue weighted by Gasteiger charge is -2.10. The van der Waals surface area contributed by atoms with Gasteiger partial charge in [0.15, 0.2) is 6.61 Å². The van der Waals surface area contributed by atoms with E-state index in [9.17, 15) is 13.2 Å². The zero-order valence-corrected chi connectivity index (χ0v) is 13.2. The SMILES string of the molecule is FC(F)(F)COc1ccc(CNCc2ccccc2Br)cc1. The third kappa shape index (κ3) is 5.69. The summed E-state index contributed by atoms with van der Waals surface area (Å²) in [5.74, 6) is 0.215. The second-order valence-electron chi connectivity index (χ2n) is 4.74. The molecule has 0 amide bonds. The molecule has 0 aliphatic heterocycles. The molecule has 0 radical (unpaired) electrons. The largest absolute Gasteiger partial charge is 0.484 e. The van der Waals surface area contributed by atoms with Crippen LogP contribution in [-0.4, -0.2) is 12.8 Å². The number of halogens is 4. The van der Waals surface area contributed by atoms with E-state index in [0.29, 0.717) is 13.1 Å². The van der Waals surface area contributed by atoms with Crippen LogP contribution in [0.5, 0.6) is 5.75 Å². The molecule has 0 unspecified atom stereocenters. The Morgan fingerprint density at radius 3 is 2.27 bits per heavy atom. The van der Waals surface area contributed by atoms with Gasteiger partial charge in [-0.05, 0) is 29.3 Å². The van der Waals surface area contributed by atoms with Crippen molar-refractivity contribution in [1.29, 1.82) is 0 Å². The van der Waals surface area contributed by atoms with E-state index in [1.807, 2.05) is 24.3 Å². The van der Waals surface area contributed by atoms with Crippen LogP contribution in [0.4, 0.5) is 13.2 Å². The normalized spacial score (nSPS) is 11.5. The minimum Gasteiger partial charge on any atom is -0.484 e. The van der Waals surface area contributed by atoms with Crippen molar-refractivity contribution in [1.82, 2.24) is 5.32 Å². The van der Waals surface area contributed by atoms with Gasteiger partial charge in [-0.1, -0.05) is 46.3 Å². The Kier molecular flexibility index (Phi) is 5.85. The van der Waals surface area contributed by atoms with Crippen LogP contribution in [0.15, 0.2) is 53.0 Å². The Morgan fingerprint density at radius 2 is 1.64 bits per heavy atom. The minimum absolute atomic E-state index is 0.215. The second-order valence-corrected chi connectivity index (χ2v) is 5.60. The number of ether oxygens (including phenoxy) is 1. The van der Waals surface area contributed by atoms with Gasteiger partial charge in [0, 0.05) is 17.6 Å². The first-order valence-electron chi connectivity index (χ1n) is 6.67. The maximum absolute atomic E-state index is 12.0. The van der Waals surface area contributed by atoms with E-state index < -0.39 is 12.8 Å². The molecule has 2 aromatic rings. The van der Waals surface area contributed by atoms with Crippen molar-refractivity contribution in [2.75, 3.05) is 6.61 Å². The monoisotopic (exact) mass is 373 g/mol. The molecule has 0 atom stereocenters. The van der Waals surface area contributed by atoms with Crippen molar-refractivity contribution in [2.45, 2.75) is 19.3 Å². The second kappa shape index (κ2) is 7.65. The van der Waals surface area contributed by atoms with E-state index in [4.69, 9.17) is 0 Å². The summed E-state index contributed by atoms with van der Waals surface area (Å²) in [6.45, 7) is 0.0568. The van der Waals surface area contributed by atoms with Gasteiger partial charge in [0.05, 0.1) is 0 Å². The zero-order valence-electron chi connectivity index (χ0n) is 11.7. The van der Waals surface area contributed by atoms with Gasteiger partial charge in [0.25, 0.3) is 0 Å². The molecular weight excluding hydrogens is 359 g/mol. The fourth-order valence-electron chi connectivity index (χ4n) is 1.85. The van der Waals surface area contributed by atoms with Crippen LogP contribution < -0.4 is 10.1 Å². The van der Waals surface area contributed by atoms with Crippen molar-refractivity contribution in [3.63, 3.8) is 0 Å². The summed E-state index contributed by atoms with van der Waals surface area (Å²) in [4.78, 5) is 0. The van der Waals surface area contributed by atoms with Gasteiger partial charge < -0.3 is 10.1 Å². The van der Waals surface area contributed by atoms with E-state index >= 15 is 0 Å². The molecule has 2 nitrogen and oxygen atoms in total. The predicted molar refractivity (Wildman–Crippen MR) is 82.7 cm³/mol. The van der Waals surface area contributed by atoms with Crippen molar-refractivity contribution in [2.24, 2.45) is 0 Å². The Hall–Kier alpha value is -1.53. The van der Waals surface area contributed by atoms with Gasteiger partial charge in [-0.2, -0.15) is 13.2 Å². The van der Waals surface area contributed by atoms with E-state index in [2.05, 4.69) is 26.0 Å². The van der Waals surface area contributed by atoms with E-state index in [1.165, 1.54) is 0 Å². The summed E-state index contributed by atoms with van der Waals surface area (Å²) in [6, 6.07) is 14.5. The Balaban J connectivity index is 1.80. The number of hydrogen-bond donors (Lipinski definition) is 1. The van der Waals surface area contributed by atoms with Crippen LogP contribution in [0.25, 0.3) is 0 Å². The van der Waals surface area contributed by atoms with Gasteiger partial charge in [-0.15, -0.1) is 0 Å². The van der Waals surface area contributed by atoms with Crippen molar-refractivity contribution in [3.8, 4) is 5.75 Å². The number of benzene rings is 2. The van der Waals surface area contributed by atoms with E-state index in [0.717, 1.165) is 15.6 Å². The van der Waals surface area contributed by atoms with E-state index in [-0.39, 0.29) is 5.75 Å². The van der Waals surface area contributed by atoms with Crippen molar-refractivity contribution >= 4 is 15.9 Å². The molecule has 2 rings (SSSR count). The number of hydrogen-bond acceptors (Lipinski definition) is 2. The van der Waals surface area contributed by atoms with Crippen LogP contribution in [0.1, 0.15) is 11.1 Å². The van der Waals surface area contributed by atoms with Gasteiger partial charge in [-0.3, -0.25) is 0 Å². The highest BCUT2D eigenvalue weighted by molar-refractivity contribution is 9.10. The fraction of sp³-hybridized carbons (Fsp3) is 0.250. The van der Waals surface area contributed by atoms with Gasteiger partial charge in [0.2, 0.25) is 0 Å². The topological polar surface area (TPSA) is 21.3 Å². The van der Waals surface area contributed by atoms with Crippen LogP contribution in [-0.2, 0) is 13.1 Å². The summed E-state index contributed by atoms with van der Waals surface area (Å²) in [5.41, 5.74) is 2.12. The molecule has 0 aliphatic carbocycles. The number of alkyl halides is 3. The van der Waals surface area contributed by atoms with Gasteiger partial charge >= 0.3 is 6.18 Å². The van der Waals surface area contributed by atoms with Crippen molar-refractivity contribution < 1.29 is 17.9 Å². The quantitative estimate of drug-likeness (QED) is 0.793. The minimum atomic E-state index is -4.32. The molecule has 0 saturated heterocycles. The molecule has 1 N–H and O–H groups in total. The van der Waals surface area contributed by atoms with Crippen LogP contribution in [0.3, 0.4) is 0 Å². The third-order valence-electron chi connectivity index (χ3n) is 2.93. The van der Waals surface area contributed by atoms with Crippen LogP contribution >= 0.6 is 15.9 Å². The zero-order chi connectivity index (χ0) is 16.0. The van der Waals surface area contributed by atoms with Crippen molar-refractivity contribution in [3.05, 3.63) is 64.1 Å². The molecule has 2 aromatic carbocycles. The highest BCUT2D eigenvalue weighted by Gasteiger charge is 2.28. The number of nitrogens with one attached hydrogen (secondary N) is 1. The molecule has 0 aromatic heterocycles. The third-order valence-corrected chi connectivity index (χ3v) is 3.70. The van der Waals surface area contributed by atoms with Crippen LogP contribution in [0.2, 0.25) is 0 Å². The molecule has 6 heteroatoms. The standard InChI is InChI=1S/C16H15BrF3NO/c17-15-4-2-1-3-13(15)10-21-9-12-5-7-14(8-6-12)22-11-16(18,19)20/h1-8,21H,9-11H2. The maximum Gasteiger partial charge on any atom is 0.422 e. The number of rotatable bonds is 6. The fourth-order valence-corrected chi connectivity index (χ4v) is 2.28. The Morgan fingerprint density at radius 1 is 0.955 bits per heavy atom. The lowest BCUT2D eigenvalue weighted by atomic mass is 10.2. The summed E-state index contributed by atoms with van der Waals surface area (Å²) >= 11 is 3.48. The smallest absolute Gasteiger partial charge is 0.422 e. The summed E-state index contributed by atoms with van der Waals surface area (Å²) in [6.07, 6.45) is -4.32. The lowest BCUT2D eigenvalue weighted by Crippen LogP contribution is -2.19. The molecular formula is C16H15BrF3NO. The predicted octanol–water partition coefficient (Wildman–Crippen LogP) is 4.68. The Labute approximate surface area is 135 Å². The summed E-state index contributed by atoms with van der Waals surface area (Å²) in [5, 5.41) is 3.28. The molecule has 0 spiro atoms. The van der Waals surface area contributed by atoms with E-state index in [1.54, 1.807) is 24.3 Å². The summed E-state index contributed by atoms with van der Waals surface area (Å²) in [7, 11) is 0. The first kappa shape index (κ1) is 16.8. The average Bonchev–Trinajstić information content (AvgIpc) is 2.48. The molecule has 0 fully saturated rings. The first-order valence-corrected chi connectivity index (χ1v) is 7.46. The highest BCUT2D eigenvalue weighted by Crippen LogP contribution is 2.19. The molecule has 0 aliphatic rings. The van der Waals surface area contributed by atoms with Crippen LogP contribution in [0, 0.1) is 0 Å². The maximum atomic E-state index is 12.0. The average molecular weight is 374 g/mol. The lowest BCUT2D eigenvalue weighted by molar-refractivity contribution is -0.153. The first-order chi connectivity index (χ1) is 10.4. The molecule has 0 heterocycles. The Bertz CT molecular complexity index is 599. The van der Waals surface area contributed by atoms with Gasteiger partial charge in [0.1, 0.15) is 5.75 Å². The molecule has 0 saturated carbocycles. The summed E-state index contributed by atoms with van der Waals surface area (Å²) < 4.78 is 41.8. The highest BCUT2D eigenvalue weighted by atomic mass is 79.9. The van der Waals surface area contributed by atoms with Gasteiger partial charge in [-0.25, -0.2) is 0 Å². The molecule has 22 heavy (non-hydrogen) atoms.